The third-order valence-electron chi connectivity index (χ3n) is 4.32. The molecule has 4 rings (SSSR count). The van der Waals surface area contributed by atoms with Crippen LogP contribution in [0.3, 0.4) is 0 Å². The van der Waals surface area contributed by atoms with Gasteiger partial charge >= 0.3 is 5.97 Å². The van der Waals surface area contributed by atoms with Crippen molar-refractivity contribution in [2.24, 2.45) is 0 Å². The molecule has 0 bridgehead atoms. The average molecular weight is 288 g/mol. The van der Waals surface area contributed by atoms with E-state index >= 15 is 0 Å². The predicted molar refractivity (Wildman–Crippen MR) is 87.1 cm³/mol. The molecule has 0 unspecified atom stereocenters. The molecule has 0 amide bonds. The van der Waals surface area contributed by atoms with Crippen molar-refractivity contribution in [1.29, 1.82) is 0 Å². The molecule has 108 valence electrons. The highest BCUT2D eigenvalue weighted by molar-refractivity contribution is 5.83. The first-order chi connectivity index (χ1) is 10.8. The molecule has 1 atom stereocenters. The summed E-state index contributed by atoms with van der Waals surface area (Å²) in [6.07, 6.45) is 1.26. The van der Waals surface area contributed by atoms with E-state index in [1.54, 1.807) is 0 Å². The van der Waals surface area contributed by atoms with Crippen LogP contribution < -0.4 is 4.74 Å². The monoisotopic (exact) mass is 288 g/mol. The van der Waals surface area contributed by atoms with E-state index in [0.717, 1.165) is 12.0 Å². The number of ether oxygens (including phenoxy) is 1. The maximum absolute atomic E-state index is 12.1. The van der Waals surface area contributed by atoms with Crippen LogP contribution in [0.5, 0.6) is 5.75 Å². The molecular formula is C20H16O2. The molecule has 3 aromatic carbocycles. The molecule has 0 saturated carbocycles. The van der Waals surface area contributed by atoms with E-state index in [2.05, 4.69) is 30.3 Å². The lowest BCUT2D eigenvalue weighted by Gasteiger charge is -2.14. The van der Waals surface area contributed by atoms with Crippen molar-refractivity contribution in [3.8, 4) is 5.75 Å². The summed E-state index contributed by atoms with van der Waals surface area (Å²) in [4.78, 5) is 12.1. The summed E-state index contributed by atoms with van der Waals surface area (Å²) in [5, 5.41) is 2.44. The summed E-state index contributed by atoms with van der Waals surface area (Å²) in [5.41, 5.74) is 2.30. The summed E-state index contributed by atoms with van der Waals surface area (Å²) in [6.45, 7) is 0. The number of carbonyl (C=O) groups is 1. The Kier molecular flexibility index (Phi) is 3.15. The average Bonchev–Trinajstić information content (AvgIpc) is 2.72. The Balaban J connectivity index is 1.75. The molecule has 0 N–H and O–H groups in total. The normalized spacial score (nSPS) is 17.6. The Labute approximate surface area is 129 Å². The smallest absolute Gasteiger partial charge is 0.311 e. The summed E-state index contributed by atoms with van der Waals surface area (Å²) < 4.78 is 5.46. The number of rotatable bonds is 1. The highest BCUT2D eigenvalue weighted by Gasteiger charge is 2.24. The Morgan fingerprint density at radius 2 is 1.59 bits per heavy atom. The van der Waals surface area contributed by atoms with E-state index in [1.165, 1.54) is 16.3 Å². The van der Waals surface area contributed by atoms with Crippen LogP contribution in [0, 0.1) is 0 Å². The fraction of sp³-hybridized carbons (Fsp3) is 0.150. The Bertz CT molecular complexity index is 851. The Morgan fingerprint density at radius 3 is 2.50 bits per heavy atom. The highest BCUT2D eigenvalue weighted by atomic mass is 16.5. The van der Waals surface area contributed by atoms with Crippen LogP contribution in [-0.4, -0.2) is 5.97 Å². The number of esters is 1. The molecule has 0 spiro atoms. The van der Waals surface area contributed by atoms with Crippen molar-refractivity contribution in [2.75, 3.05) is 0 Å². The third kappa shape index (κ3) is 2.37. The van der Waals surface area contributed by atoms with E-state index in [9.17, 15) is 4.79 Å². The number of para-hydroxylation sites is 1. The van der Waals surface area contributed by atoms with Gasteiger partial charge in [-0.2, -0.15) is 0 Å². The van der Waals surface area contributed by atoms with Gasteiger partial charge in [0.25, 0.3) is 0 Å². The van der Waals surface area contributed by atoms with Crippen LogP contribution in [0.4, 0.5) is 0 Å². The second-order valence-electron chi connectivity index (χ2n) is 5.79. The minimum Gasteiger partial charge on any atom is -0.426 e. The zero-order chi connectivity index (χ0) is 14.9. The SMILES string of the molecule is O=C1C[C@H](c2ccc3ccccc3c2)Cc2ccccc2O1. The number of benzene rings is 3. The van der Waals surface area contributed by atoms with E-state index in [-0.39, 0.29) is 11.9 Å². The van der Waals surface area contributed by atoms with Gasteiger partial charge in [0.05, 0.1) is 6.42 Å². The largest absolute Gasteiger partial charge is 0.426 e. The maximum Gasteiger partial charge on any atom is 0.311 e. The van der Waals surface area contributed by atoms with Crippen molar-refractivity contribution in [3.63, 3.8) is 0 Å². The predicted octanol–water partition coefficient (Wildman–Crippen LogP) is 4.48. The number of carbonyl (C=O) groups excluding carboxylic acids is 1. The van der Waals surface area contributed by atoms with Crippen LogP contribution in [0.2, 0.25) is 0 Å². The molecule has 2 nitrogen and oxygen atoms in total. The van der Waals surface area contributed by atoms with Gasteiger partial charge in [-0.05, 0) is 40.3 Å². The van der Waals surface area contributed by atoms with Gasteiger partial charge in [0.15, 0.2) is 0 Å². The zero-order valence-electron chi connectivity index (χ0n) is 12.2. The van der Waals surface area contributed by atoms with Gasteiger partial charge in [0.1, 0.15) is 5.75 Å². The number of fused-ring (bicyclic) bond motifs is 2. The number of hydrogen-bond acceptors (Lipinski definition) is 2. The molecule has 0 saturated heterocycles. The van der Waals surface area contributed by atoms with Gasteiger partial charge in [-0.1, -0.05) is 60.7 Å². The van der Waals surface area contributed by atoms with E-state index in [0.29, 0.717) is 12.2 Å². The van der Waals surface area contributed by atoms with E-state index < -0.39 is 0 Å². The van der Waals surface area contributed by atoms with Crippen molar-refractivity contribution < 1.29 is 9.53 Å². The first-order valence-corrected chi connectivity index (χ1v) is 7.57. The second-order valence-corrected chi connectivity index (χ2v) is 5.79. The summed E-state index contributed by atoms with van der Waals surface area (Å²) >= 11 is 0. The quantitative estimate of drug-likeness (QED) is 0.487. The van der Waals surface area contributed by atoms with Gasteiger partial charge < -0.3 is 4.74 Å². The standard InChI is InChI=1S/C20H16O2/c21-20-13-18(12-17-7-3-4-8-19(17)22-20)16-10-9-14-5-1-2-6-15(14)11-16/h1-11,18H,12-13H2/t18-/m1/s1. The van der Waals surface area contributed by atoms with Gasteiger partial charge in [-0.25, -0.2) is 0 Å². The van der Waals surface area contributed by atoms with Crippen molar-refractivity contribution >= 4 is 16.7 Å². The molecule has 0 fully saturated rings. The Morgan fingerprint density at radius 1 is 0.818 bits per heavy atom. The fourth-order valence-corrected chi connectivity index (χ4v) is 3.17. The lowest BCUT2D eigenvalue weighted by Crippen LogP contribution is -2.10. The molecule has 1 aliphatic heterocycles. The molecule has 22 heavy (non-hydrogen) atoms. The molecule has 0 radical (unpaired) electrons. The molecule has 0 aliphatic carbocycles. The van der Waals surface area contributed by atoms with Crippen LogP contribution in [0.15, 0.2) is 66.7 Å². The molecule has 2 heteroatoms. The fourth-order valence-electron chi connectivity index (χ4n) is 3.17. The zero-order valence-corrected chi connectivity index (χ0v) is 12.2. The van der Waals surface area contributed by atoms with Gasteiger partial charge in [-0.15, -0.1) is 0 Å². The summed E-state index contributed by atoms with van der Waals surface area (Å²) in [5.74, 6) is 0.722. The van der Waals surface area contributed by atoms with Crippen LogP contribution >= 0.6 is 0 Å². The first kappa shape index (κ1) is 13.1. The lowest BCUT2D eigenvalue weighted by atomic mass is 9.88. The van der Waals surface area contributed by atoms with E-state index in [4.69, 9.17) is 4.74 Å². The molecule has 1 heterocycles. The van der Waals surface area contributed by atoms with Gasteiger partial charge in [-0.3, -0.25) is 4.79 Å². The minimum absolute atomic E-state index is 0.150. The first-order valence-electron chi connectivity index (χ1n) is 7.57. The number of hydrogen-bond donors (Lipinski definition) is 0. The topological polar surface area (TPSA) is 26.3 Å². The van der Waals surface area contributed by atoms with E-state index in [1.807, 2.05) is 36.4 Å². The maximum atomic E-state index is 12.1. The van der Waals surface area contributed by atoms with Crippen LogP contribution in [-0.2, 0) is 11.2 Å². The van der Waals surface area contributed by atoms with Crippen LogP contribution in [0.25, 0.3) is 10.8 Å². The van der Waals surface area contributed by atoms with Crippen molar-refractivity contribution in [1.82, 2.24) is 0 Å². The lowest BCUT2D eigenvalue weighted by molar-refractivity contribution is -0.134. The van der Waals surface area contributed by atoms with Crippen molar-refractivity contribution in [2.45, 2.75) is 18.8 Å². The van der Waals surface area contributed by atoms with Gasteiger partial charge in [0.2, 0.25) is 0 Å². The highest BCUT2D eigenvalue weighted by Crippen LogP contribution is 2.33. The van der Waals surface area contributed by atoms with Crippen LogP contribution in [0.1, 0.15) is 23.5 Å². The summed E-state index contributed by atoms with van der Waals surface area (Å²) in [6, 6.07) is 22.6. The second kappa shape index (κ2) is 5.30. The van der Waals surface area contributed by atoms with Crippen molar-refractivity contribution in [3.05, 3.63) is 77.9 Å². The minimum atomic E-state index is -0.150. The summed E-state index contributed by atoms with van der Waals surface area (Å²) in [7, 11) is 0. The van der Waals surface area contributed by atoms with Gasteiger partial charge in [0, 0.05) is 0 Å². The molecule has 0 aromatic heterocycles. The molecule has 1 aliphatic rings. The third-order valence-corrected chi connectivity index (χ3v) is 4.32. The molecular weight excluding hydrogens is 272 g/mol. The Hall–Kier alpha value is -2.61. The molecule has 3 aromatic rings.